The number of nitrogens with one attached hydrogen (secondary N) is 2. The SMILES string of the molecule is CC(=O)Nc1ccc(Cl)cc1NC(=O)c1ccc(CN2C(=O)c3ccccc3C2=O)cc1. The first-order chi connectivity index (χ1) is 15.3. The van der Waals surface area contributed by atoms with E-state index in [1.807, 2.05) is 0 Å². The van der Waals surface area contributed by atoms with Gasteiger partial charge in [-0.25, -0.2) is 0 Å². The lowest BCUT2D eigenvalue weighted by atomic mass is 10.1. The van der Waals surface area contributed by atoms with Crippen LogP contribution in [0.15, 0.2) is 66.7 Å². The first kappa shape index (κ1) is 21.3. The summed E-state index contributed by atoms with van der Waals surface area (Å²) in [5.74, 6) is -1.34. The summed E-state index contributed by atoms with van der Waals surface area (Å²) in [6.07, 6.45) is 0. The van der Waals surface area contributed by atoms with Crippen molar-refractivity contribution >= 4 is 46.6 Å². The van der Waals surface area contributed by atoms with E-state index in [0.717, 1.165) is 0 Å². The lowest BCUT2D eigenvalue weighted by Gasteiger charge is -2.15. The van der Waals surface area contributed by atoms with E-state index in [0.29, 0.717) is 38.7 Å². The van der Waals surface area contributed by atoms with E-state index in [4.69, 9.17) is 11.6 Å². The van der Waals surface area contributed by atoms with Crippen molar-refractivity contribution in [1.82, 2.24) is 4.90 Å². The summed E-state index contributed by atoms with van der Waals surface area (Å²) >= 11 is 6.02. The Labute approximate surface area is 189 Å². The van der Waals surface area contributed by atoms with Gasteiger partial charge in [-0.05, 0) is 48.0 Å². The molecule has 8 heteroatoms. The van der Waals surface area contributed by atoms with Crippen molar-refractivity contribution in [3.8, 4) is 0 Å². The number of carbonyl (C=O) groups is 4. The molecule has 0 aliphatic carbocycles. The van der Waals surface area contributed by atoms with Gasteiger partial charge in [0.2, 0.25) is 5.91 Å². The van der Waals surface area contributed by atoms with Crippen molar-refractivity contribution in [2.75, 3.05) is 10.6 Å². The number of benzene rings is 3. The fourth-order valence-electron chi connectivity index (χ4n) is 3.44. The van der Waals surface area contributed by atoms with E-state index in [1.165, 1.54) is 11.8 Å². The molecule has 0 bridgehead atoms. The van der Waals surface area contributed by atoms with Gasteiger partial charge in [0.1, 0.15) is 0 Å². The van der Waals surface area contributed by atoms with Crippen LogP contribution >= 0.6 is 11.6 Å². The molecule has 4 rings (SSSR count). The number of fused-ring (bicyclic) bond motifs is 1. The standard InChI is InChI=1S/C24H18ClN3O4/c1-14(29)26-20-11-10-17(25)12-21(20)27-22(30)16-8-6-15(7-9-16)13-28-23(31)18-4-2-3-5-19(18)24(28)32/h2-12H,13H2,1H3,(H,26,29)(H,27,30). The molecule has 3 aromatic carbocycles. The molecule has 0 saturated carbocycles. The molecule has 32 heavy (non-hydrogen) atoms. The number of anilines is 2. The minimum atomic E-state index is -0.397. The lowest BCUT2D eigenvalue weighted by molar-refractivity contribution is -0.114. The highest BCUT2D eigenvalue weighted by molar-refractivity contribution is 6.31. The molecule has 3 aromatic rings. The zero-order chi connectivity index (χ0) is 22.8. The predicted octanol–water partition coefficient (Wildman–Crippen LogP) is 4.35. The molecule has 4 amide bonds. The monoisotopic (exact) mass is 447 g/mol. The largest absolute Gasteiger partial charge is 0.325 e. The fourth-order valence-corrected chi connectivity index (χ4v) is 3.61. The van der Waals surface area contributed by atoms with E-state index in [-0.39, 0.29) is 24.3 Å². The van der Waals surface area contributed by atoms with Gasteiger partial charge in [-0.15, -0.1) is 0 Å². The van der Waals surface area contributed by atoms with Crippen LogP contribution in [0.1, 0.15) is 43.6 Å². The zero-order valence-electron chi connectivity index (χ0n) is 17.0. The molecular formula is C24H18ClN3O4. The third kappa shape index (κ3) is 4.24. The Morgan fingerprint density at radius 3 is 2.06 bits per heavy atom. The minimum Gasteiger partial charge on any atom is -0.325 e. The first-order valence-corrected chi connectivity index (χ1v) is 10.1. The van der Waals surface area contributed by atoms with Gasteiger partial charge in [0.25, 0.3) is 17.7 Å². The van der Waals surface area contributed by atoms with Crippen LogP contribution in [0.4, 0.5) is 11.4 Å². The van der Waals surface area contributed by atoms with Crippen LogP contribution in [0.5, 0.6) is 0 Å². The van der Waals surface area contributed by atoms with Crippen LogP contribution in [0.25, 0.3) is 0 Å². The number of hydrogen-bond acceptors (Lipinski definition) is 4. The van der Waals surface area contributed by atoms with Gasteiger partial charge < -0.3 is 10.6 Å². The predicted molar refractivity (Wildman–Crippen MR) is 121 cm³/mol. The Bertz CT molecular complexity index is 1220. The van der Waals surface area contributed by atoms with E-state index in [9.17, 15) is 19.2 Å². The molecule has 1 aliphatic rings. The topological polar surface area (TPSA) is 95.6 Å². The van der Waals surface area contributed by atoms with Crippen molar-refractivity contribution in [2.24, 2.45) is 0 Å². The van der Waals surface area contributed by atoms with Crippen molar-refractivity contribution < 1.29 is 19.2 Å². The van der Waals surface area contributed by atoms with Crippen molar-refractivity contribution in [2.45, 2.75) is 13.5 Å². The molecule has 0 fully saturated rings. The quantitative estimate of drug-likeness (QED) is 0.568. The van der Waals surface area contributed by atoms with Gasteiger partial charge in [-0.2, -0.15) is 0 Å². The summed E-state index contributed by atoms with van der Waals surface area (Å²) in [7, 11) is 0. The van der Waals surface area contributed by atoms with Gasteiger partial charge in [0, 0.05) is 17.5 Å². The maximum Gasteiger partial charge on any atom is 0.261 e. The first-order valence-electron chi connectivity index (χ1n) is 9.76. The van der Waals surface area contributed by atoms with Crippen LogP contribution in [-0.4, -0.2) is 28.5 Å². The number of imide groups is 1. The zero-order valence-corrected chi connectivity index (χ0v) is 17.8. The molecule has 0 saturated heterocycles. The van der Waals surface area contributed by atoms with Gasteiger partial charge in [0.05, 0.1) is 29.0 Å². The van der Waals surface area contributed by atoms with Crippen LogP contribution in [0, 0.1) is 0 Å². The second kappa shape index (κ2) is 8.64. The average molecular weight is 448 g/mol. The average Bonchev–Trinajstić information content (AvgIpc) is 3.01. The molecular weight excluding hydrogens is 430 g/mol. The highest BCUT2D eigenvalue weighted by atomic mass is 35.5. The van der Waals surface area contributed by atoms with Crippen LogP contribution in [0.2, 0.25) is 5.02 Å². The van der Waals surface area contributed by atoms with E-state index >= 15 is 0 Å². The van der Waals surface area contributed by atoms with E-state index in [2.05, 4.69) is 10.6 Å². The fraction of sp³-hybridized carbons (Fsp3) is 0.0833. The van der Waals surface area contributed by atoms with Gasteiger partial charge in [0.15, 0.2) is 0 Å². The lowest BCUT2D eigenvalue weighted by Crippen LogP contribution is -2.29. The highest BCUT2D eigenvalue weighted by Crippen LogP contribution is 2.27. The molecule has 1 heterocycles. The summed E-state index contributed by atoms with van der Waals surface area (Å²) < 4.78 is 0. The van der Waals surface area contributed by atoms with Crippen molar-refractivity contribution in [3.63, 3.8) is 0 Å². The number of amides is 4. The van der Waals surface area contributed by atoms with Gasteiger partial charge in [-0.3, -0.25) is 24.1 Å². The summed E-state index contributed by atoms with van der Waals surface area (Å²) in [5.41, 5.74) is 2.66. The van der Waals surface area contributed by atoms with E-state index in [1.54, 1.807) is 66.7 Å². The molecule has 0 aromatic heterocycles. The maximum atomic E-state index is 12.7. The molecule has 0 spiro atoms. The third-order valence-electron chi connectivity index (χ3n) is 4.98. The normalized spacial score (nSPS) is 12.5. The van der Waals surface area contributed by atoms with Crippen molar-refractivity contribution in [3.05, 3.63) is 94.0 Å². The second-order valence-corrected chi connectivity index (χ2v) is 7.70. The molecule has 1 aliphatic heterocycles. The van der Waals surface area contributed by atoms with Gasteiger partial charge >= 0.3 is 0 Å². The third-order valence-corrected chi connectivity index (χ3v) is 5.21. The van der Waals surface area contributed by atoms with Crippen LogP contribution < -0.4 is 10.6 Å². The Morgan fingerprint density at radius 1 is 0.844 bits per heavy atom. The maximum absolute atomic E-state index is 12.7. The van der Waals surface area contributed by atoms with Crippen LogP contribution in [-0.2, 0) is 11.3 Å². The Morgan fingerprint density at radius 2 is 1.47 bits per heavy atom. The Balaban J connectivity index is 1.47. The molecule has 0 atom stereocenters. The highest BCUT2D eigenvalue weighted by Gasteiger charge is 2.34. The molecule has 7 nitrogen and oxygen atoms in total. The minimum absolute atomic E-state index is 0.106. The summed E-state index contributed by atoms with van der Waals surface area (Å²) in [5, 5.41) is 5.78. The molecule has 160 valence electrons. The number of halogens is 1. The summed E-state index contributed by atoms with van der Waals surface area (Å²) in [4.78, 5) is 50.3. The number of nitrogens with zero attached hydrogens (tertiary/aromatic N) is 1. The Kier molecular flexibility index (Phi) is 5.75. The molecule has 2 N–H and O–H groups in total. The summed E-state index contributed by atoms with van der Waals surface area (Å²) in [6.45, 7) is 1.47. The van der Waals surface area contributed by atoms with Crippen LogP contribution in [0.3, 0.4) is 0 Å². The van der Waals surface area contributed by atoms with E-state index < -0.39 is 5.91 Å². The number of carbonyl (C=O) groups excluding carboxylic acids is 4. The summed E-state index contributed by atoms with van der Waals surface area (Å²) in [6, 6.07) is 18.0. The van der Waals surface area contributed by atoms with Gasteiger partial charge in [-0.1, -0.05) is 35.9 Å². The molecule has 0 radical (unpaired) electrons. The number of hydrogen-bond donors (Lipinski definition) is 2. The molecule has 0 unspecified atom stereocenters. The smallest absolute Gasteiger partial charge is 0.261 e. The Hall–Kier alpha value is -3.97. The van der Waals surface area contributed by atoms with Crippen molar-refractivity contribution in [1.29, 1.82) is 0 Å². The number of rotatable bonds is 5. The second-order valence-electron chi connectivity index (χ2n) is 7.26.